The monoisotopic (exact) mass is 212 g/mol. The molecule has 0 aromatic carbocycles. The second-order valence-electron chi connectivity index (χ2n) is 3.10. The van der Waals surface area contributed by atoms with Crippen molar-refractivity contribution in [2.45, 2.75) is 6.54 Å². The molecule has 16 heavy (non-hydrogen) atoms. The highest BCUT2D eigenvalue weighted by Crippen LogP contribution is 2.15. The molecule has 5 heteroatoms. The van der Waals surface area contributed by atoms with Gasteiger partial charge in [-0.1, -0.05) is 6.07 Å². The van der Waals surface area contributed by atoms with Gasteiger partial charge in [0.25, 0.3) is 0 Å². The van der Waals surface area contributed by atoms with Crippen LogP contribution in [0.1, 0.15) is 10.5 Å². The van der Waals surface area contributed by atoms with Crippen molar-refractivity contribution in [3.05, 3.63) is 36.2 Å². The Morgan fingerprint density at radius 3 is 2.94 bits per heavy atom. The van der Waals surface area contributed by atoms with E-state index in [9.17, 15) is 4.79 Å². The van der Waals surface area contributed by atoms with Crippen LogP contribution in [-0.2, 0) is 6.54 Å². The second kappa shape index (κ2) is 4.36. The first kappa shape index (κ1) is 10.1. The number of aromatic nitrogens is 3. The summed E-state index contributed by atoms with van der Waals surface area (Å²) < 4.78 is 1.36. The summed E-state index contributed by atoms with van der Waals surface area (Å²) in [4.78, 5) is 14.9. The first-order valence-corrected chi connectivity index (χ1v) is 4.66. The molecule has 0 radical (unpaired) electrons. The molecule has 0 aliphatic carbocycles. The summed E-state index contributed by atoms with van der Waals surface area (Å²) in [6, 6.07) is 9.00. The molecular weight excluding hydrogens is 204 g/mol. The fourth-order valence-corrected chi connectivity index (χ4v) is 1.36. The number of hydrogen-bond acceptors (Lipinski definition) is 4. The minimum atomic E-state index is 0.0565. The first-order chi connectivity index (χ1) is 7.85. The van der Waals surface area contributed by atoms with Gasteiger partial charge >= 0.3 is 0 Å². The summed E-state index contributed by atoms with van der Waals surface area (Å²) >= 11 is 0. The van der Waals surface area contributed by atoms with E-state index in [0.29, 0.717) is 23.4 Å². The predicted molar refractivity (Wildman–Crippen MR) is 56.5 cm³/mol. The van der Waals surface area contributed by atoms with E-state index >= 15 is 0 Å². The summed E-state index contributed by atoms with van der Waals surface area (Å²) in [6.45, 7) is 0.0565. The number of nitrogens with zero attached hydrogens (tertiary/aromatic N) is 4. The predicted octanol–water partition coefficient (Wildman–Crippen LogP) is 1.28. The van der Waals surface area contributed by atoms with Gasteiger partial charge in [0.1, 0.15) is 17.9 Å². The standard InChI is InChI=1S/C11H8N4O/c12-4-6-15-9(8-16)7-11(14-15)10-3-1-2-5-13-10/h1-3,5,7-8H,6H2. The molecule has 0 spiro atoms. The quantitative estimate of drug-likeness (QED) is 0.718. The Bertz CT molecular complexity index is 539. The normalized spacial score (nSPS) is 9.69. The smallest absolute Gasteiger partial charge is 0.168 e. The highest BCUT2D eigenvalue weighted by atomic mass is 16.1. The van der Waals surface area contributed by atoms with E-state index in [0.717, 1.165) is 0 Å². The maximum Gasteiger partial charge on any atom is 0.168 e. The third-order valence-electron chi connectivity index (χ3n) is 2.08. The van der Waals surface area contributed by atoms with Gasteiger partial charge in [0.15, 0.2) is 6.29 Å². The topological polar surface area (TPSA) is 71.6 Å². The van der Waals surface area contributed by atoms with Crippen molar-refractivity contribution < 1.29 is 4.79 Å². The van der Waals surface area contributed by atoms with Crippen molar-refractivity contribution in [3.8, 4) is 17.5 Å². The largest absolute Gasteiger partial charge is 0.296 e. The molecule has 0 atom stereocenters. The van der Waals surface area contributed by atoms with E-state index in [1.54, 1.807) is 24.4 Å². The summed E-state index contributed by atoms with van der Waals surface area (Å²) in [5.74, 6) is 0. The third kappa shape index (κ3) is 1.81. The molecule has 78 valence electrons. The van der Waals surface area contributed by atoms with E-state index in [1.165, 1.54) is 4.68 Å². The van der Waals surface area contributed by atoms with Crippen LogP contribution in [0.4, 0.5) is 0 Å². The van der Waals surface area contributed by atoms with Crippen molar-refractivity contribution in [1.82, 2.24) is 14.8 Å². The van der Waals surface area contributed by atoms with Gasteiger partial charge in [-0.25, -0.2) is 4.68 Å². The van der Waals surface area contributed by atoms with Crippen LogP contribution in [0.25, 0.3) is 11.4 Å². The number of aldehydes is 1. The van der Waals surface area contributed by atoms with Crippen LogP contribution < -0.4 is 0 Å². The van der Waals surface area contributed by atoms with Crippen LogP contribution in [0.2, 0.25) is 0 Å². The molecule has 0 aliphatic heterocycles. The average Bonchev–Trinajstić information content (AvgIpc) is 2.74. The van der Waals surface area contributed by atoms with Gasteiger partial charge in [0.2, 0.25) is 0 Å². The van der Waals surface area contributed by atoms with Crippen molar-refractivity contribution in [1.29, 1.82) is 5.26 Å². The van der Waals surface area contributed by atoms with Crippen LogP contribution in [0.3, 0.4) is 0 Å². The first-order valence-electron chi connectivity index (χ1n) is 4.66. The Morgan fingerprint density at radius 2 is 2.31 bits per heavy atom. The molecule has 2 rings (SSSR count). The van der Waals surface area contributed by atoms with Gasteiger partial charge in [-0.15, -0.1) is 0 Å². The Hall–Kier alpha value is -2.48. The Labute approximate surface area is 92.0 Å². The molecule has 0 N–H and O–H groups in total. The van der Waals surface area contributed by atoms with Crippen LogP contribution in [0.15, 0.2) is 30.5 Å². The lowest BCUT2D eigenvalue weighted by atomic mass is 10.2. The van der Waals surface area contributed by atoms with Crippen molar-refractivity contribution in [2.75, 3.05) is 0 Å². The fourth-order valence-electron chi connectivity index (χ4n) is 1.36. The number of hydrogen-bond donors (Lipinski definition) is 0. The molecule has 0 saturated heterocycles. The summed E-state index contributed by atoms with van der Waals surface area (Å²) in [6.07, 6.45) is 2.33. The minimum absolute atomic E-state index is 0.0565. The van der Waals surface area contributed by atoms with Gasteiger partial charge in [-0.3, -0.25) is 9.78 Å². The number of rotatable bonds is 3. The lowest BCUT2D eigenvalue weighted by Gasteiger charge is -1.94. The third-order valence-corrected chi connectivity index (χ3v) is 2.08. The van der Waals surface area contributed by atoms with Crippen LogP contribution in [0.5, 0.6) is 0 Å². The maximum atomic E-state index is 10.8. The maximum absolute atomic E-state index is 10.8. The molecule has 0 aliphatic rings. The zero-order valence-electron chi connectivity index (χ0n) is 8.37. The van der Waals surface area contributed by atoms with Crippen molar-refractivity contribution in [3.63, 3.8) is 0 Å². The Morgan fingerprint density at radius 1 is 1.44 bits per heavy atom. The Kier molecular flexibility index (Phi) is 2.74. The SMILES string of the molecule is N#CCn1nc(-c2ccccn2)cc1C=O. The van der Waals surface area contributed by atoms with Crippen LogP contribution >= 0.6 is 0 Å². The van der Waals surface area contributed by atoms with Crippen molar-refractivity contribution in [2.24, 2.45) is 0 Å². The molecule has 2 heterocycles. The molecule has 0 amide bonds. The second-order valence-corrected chi connectivity index (χ2v) is 3.10. The number of nitriles is 1. The van der Waals surface area contributed by atoms with Gasteiger partial charge in [-0.2, -0.15) is 10.4 Å². The molecule has 0 bridgehead atoms. The van der Waals surface area contributed by atoms with E-state index in [-0.39, 0.29) is 6.54 Å². The highest BCUT2D eigenvalue weighted by molar-refractivity contribution is 5.75. The molecule has 2 aromatic heterocycles. The van der Waals surface area contributed by atoms with Gasteiger partial charge < -0.3 is 0 Å². The molecular formula is C11H8N4O. The highest BCUT2D eigenvalue weighted by Gasteiger charge is 2.08. The average molecular weight is 212 g/mol. The number of carbonyl (C=O) groups excluding carboxylic acids is 1. The number of pyridine rings is 1. The van der Waals surface area contributed by atoms with Gasteiger partial charge in [0, 0.05) is 6.20 Å². The lowest BCUT2D eigenvalue weighted by molar-refractivity contribution is 0.111. The van der Waals surface area contributed by atoms with Gasteiger partial charge in [-0.05, 0) is 18.2 Å². The lowest BCUT2D eigenvalue weighted by Crippen LogP contribution is -2.02. The summed E-state index contributed by atoms with van der Waals surface area (Å²) in [7, 11) is 0. The molecule has 5 nitrogen and oxygen atoms in total. The summed E-state index contributed by atoms with van der Waals surface area (Å²) in [5, 5.41) is 12.7. The summed E-state index contributed by atoms with van der Waals surface area (Å²) in [5.41, 5.74) is 1.66. The van der Waals surface area contributed by atoms with Gasteiger partial charge in [0.05, 0.1) is 11.8 Å². The van der Waals surface area contributed by atoms with E-state index in [4.69, 9.17) is 5.26 Å². The van der Waals surface area contributed by atoms with E-state index in [2.05, 4.69) is 10.1 Å². The zero-order valence-corrected chi connectivity index (χ0v) is 8.37. The minimum Gasteiger partial charge on any atom is -0.296 e. The van der Waals surface area contributed by atoms with Crippen LogP contribution in [0, 0.1) is 11.3 Å². The molecule has 0 fully saturated rings. The fraction of sp³-hybridized carbons (Fsp3) is 0.0909. The molecule has 2 aromatic rings. The molecule has 0 saturated carbocycles. The molecule has 0 unspecified atom stereocenters. The van der Waals surface area contributed by atoms with E-state index < -0.39 is 0 Å². The van der Waals surface area contributed by atoms with Crippen molar-refractivity contribution >= 4 is 6.29 Å². The van der Waals surface area contributed by atoms with Crippen LogP contribution in [-0.4, -0.2) is 21.1 Å². The zero-order chi connectivity index (χ0) is 11.4. The Balaban J connectivity index is 2.45. The number of carbonyl (C=O) groups is 1. The van der Waals surface area contributed by atoms with E-state index in [1.807, 2.05) is 12.1 Å².